The maximum atomic E-state index is 14.3. The van der Waals surface area contributed by atoms with Gasteiger partial charge in [0.05, 0.1) is 19.8 Å². The Morgan fingerprint density at radius 1 is 1.16 bits per heavy atom. The standard InChI is InChI=1S/C18H25FN2O3.ClH/c1-23-15-8-13(14(19)9-16(15)24-2)18(22)21-17-10-4-3-5-11(17)7-12(20)6-10;/h8-12,17H,3-7,20H2,1-2H3,(H,21,22);1H. The van der Waals surface area contributed by atoms with Crippen LogP contribution in [-0.4, -0.2) is 32.2 Å². The van der Waals surface area contributed by atoms with Crippen LogP contribution in [0, 0.1) is 17.7 Å². The van der Waals surface area contributed by atoms with Gasteiger partial charge in [-0.25, -0.2) is 4.39 Å². The fourth-order valence-electron chi connectivity index (χ4n) is 4.28. The van der Waals surface area contributed by atoms with E-state index in [1.165, 1.54) is 32.8 Å². The predicted octanol–water partition coefficient (Wildman–Crippen LogP) is 2.90. The summed E-state index contributed by atoms with van der Waals surface area (Å²) >= 11 is 0. The smallest absolute Gasteiger partial charge is 0.254 e. The Balaban J connectivity index is 0.00000225. The van der Waals surface area contributed by atoms with Gasteiger partial charge in [0.1, 0.15) is 5.82 Å². The molecule has 3 rings (SSSR count). The average molecular weight is 373 g/mol. The molecule has 25 heavy (non-hydrogen) atoms. The summed E-state index contributed by atoms with van der Waals surface area (Å²) in [6.45, 7) is 0. The second-order valence-electron chi connectivity index (χ2n) is 6.87. The molecule has 0 radical (unpaired) electrons. The Bertz CT molecular complexity index is 615. The van der Waals surface area contributed by atoms with Gasteiger partial charge in [0.15, 0.2) is 11.5 Å². The molecule has 1 amide bonds. The zero-order valence-electron chi connectivity index (χ0n) is 14.6. The number of halogens is 2. The monoisotopic (exact) mass is 372 g/mol. The van der Waals surface area contributed by atoms with E-state index in [0.717, 1.165) is 25.7 Å². The van der Waals surface area contributed by atoms with Crippen molar-refractivity contribution in [1.29, 1.82) is 0 Å². The molecule has 2 bridgehead atoms. The summed E-state index contributed by atoms with van der Waals surface area (Å²) in [5.74, 6) is 0.384. The third-order valence-corrected chi connectivity index (χ3v) is 5.39. The number of ether oxygens (including phenoxy) is 2. The summed E-state index contributed by atoms with van der Waals surface area (Å²) in [5, 5.41) is 3.06. The van der Waals surface area contributed by atoms with Gasteiger partial charge in [-0.1, -0.05) is 6.42 Å². The number of nitrogens with two attached hydrogens (primary N) is 1. The topological polar surface area (TPSA) is 73.6 Å². The number of hydrogen-bond acceptors (Lipinski definition) is 4. The molecule has 3 N–H and O–H groups in total. The zero-order valence-corrected chi connectivity index (χ0v) is 15.4. The van der Waals surface area contributed by atoms with Crippen molar-refractivity contribution in [2.75, 3.05) is 14.2 Å². The molecular weight excluding hydrogens is 347 g/mol. The van der Waals surface area contributed by atoms with Crippen LogP contribution in [0.5, 0.6) is 11.5 Å². The summed E-state index contributed by atoms with van der Waals surface area (Å²) in [7, 11) is 2.90. The van der Waals surface area contributed by atoms with E-state index >= 15 is 0 Å². The summed E-state index contributed by atoms with van der Waals surface area (Å²) in [6.07, 6.45) is 5.18. The highest BCUT2D eigenvalue weighted by atomic mass is 35.5. The van der Waals surface area contributed by atoms with Crippen molar-refractivity contribution in [3.05, 3.63) is 23.5 Å². The first-order valence-corrected chi connectivity index (χ1v) is 8.51. The van der Waals surface area contributed by atoms with Crippen LogP contribution in [-0.2, 0) is 0 Å². The fraction of sp³-hybridized carbons (Fsp3) is 0.611. The predicted molar refractivity (Wildman–Crippen MR) is 96.0 cm³/mol. The molecule has 2 fully saturated rings. The van der Waals surface area contributed by atoms with Crippen LogP contribution in [0.4, 0.5) is 4.39 Å². The number of carbonyl (C=O) groups is 1. The number of rotatable bonds is 4. The second kappa shape index (κ2) is 8.23. The number of nitrogens with one attached hydrogen (secondary N) is 1. The lowest BCUT2D eigenvalue weighted by molar-refractivity contribution is 0.0752. The Hall–Kier alpha value is -1.53. The summed E-state index contributed by atoms with van der Waals surface area (Å²) in [4.78, 5) is 12.6. The highest BCUT2D eigenvalue weighted by molar-refractivity contribution is 5.95. The average Bonchev–Trinajstić information content (AvgIpc) is 2.55. The minimum absolute atomic E-state index is 0. The SMILES string of the molecule is COc1cc(F)c(C(=O)NC2C3CCCC2CC(N)C3)cc1OC.Cl. The van der Waals surface area contributed by atoms with Crippen LogP contribution >= 0.6 is 12.4 Å². The summed E-state index contributed by atoms with van der Waals surface area (Å²) in [5.41, 5.74) is 6.11. The van der Waals surface area contributed by atoms with E-state index in [9.17, 15) is 9.18 Å². The highest BCUT2D eigenvalue weighted by Gasteiger charge is 2.40. The second-order valence-corrected chi connectivity index (χ2v) is 6.87. The van der Waals surface area contributed by atoms with Gasteiger partial charge >= 0.3 is 0 Å². The third kappa shape index (κ3) is 4.01. The van der Waals surface area contributed by atoms with Gasteiger partial charge in [0, 0.05) is 18.2 Å². The summed E-state index contributed by atoms with van der Waals surface area (Å²) < 4.78 is 24.5. The van der Waals surface area contributed by atoms with Crippen LogP contribution in [0.2, 0.25) is 0 Å². The molecule has 2 saturated carbocycles. The number of benzene rings is 1. The van der Waals surface area contributed by atoms with Gasteiger partial charge in [-0.3, -0.25) is 4.79 Å². The van der Waals surface area contributed by atoms with E-state index in [2.05, 4.69) is 5.32 Å². The van der Waals surface area contributed by atoms with Crippen molar-refractivity contribution in [3.63, 3.8) is 0 Å². The largest absolute Gasteiger partial charge is 0.493 e. The van der Waals surface area contributed by atoms with Crippen molar-refractivity contribution in [1.82, 2.24) is 5.32 Å². The Morgan fingerprint density at radius 2 is 1.72 bits per heavy atom. The zero-order chi connectivity index (χ0) is 17.3. The minimum atomic E-state index is -0.608. The lowest BCUT2D eigenvalue weighted by Crippen LogP contribution is -2.53. The molecule has 2 aliphatic rings. The number of hydrogen-bond donors (Lipinski definition) is 2. The lowest BCUT2D eigenvalue weighted by Gasteiger charge is -2.45. The molecule has 0 saturated heterocycles. The fourth-order valence-corrected chi connectivity index (χ4v) is 4.28. The van der Waals surface area contributed by atoms with Crippen LogP contribution in [0.25, 0.3) is 0 Å². The quantitative estimate of drug-likeness (QED) is 0.852. The molecule has 2 unspecified atom stereocenters. The van der Waals surface area contributed by atoms with Crippen molar-refractivity contribution in [2.24, 2.45) is 17.6 Å². The molecule has 0 aromatic heterocycles. The first kappa shape index (κ1) is 19.8. The van der Waals surface area contributed by atoms with E-state index in [4.69, 9.17) is 15.2 Å². The van der Waals surface area contributed by atoms with Crippen molar-refractivity contribution in [3.8, 4) is 11.5 Å². The number of carbonyl (C=O) groups excluding carboxylic acids is 1. The molecule has 1 aromatic carbocycles. The Labute approximate surface area is 153 Å². The lowest BCUT2D eigenvalue weighted by atomic mass is 9.67. The number of fused-ring (bicyclic) bond motifs is 2. The van der Waals surface area contributed by atoms with E-state index in [0.29, 0.717) is 17.6 Å². The van der Waals surface area contributed by atoms with Crippen molar-refractivity contribution >= 4 is 18.3 Å². The molecule has 7 heteroatoms. The Kier molecular flexibility index (Phi) is 6.52. The van der Waals surface area contributed by atoms with Gasteiger partial charge in [-0.15, -0.1) is 12.4 Å². The van der Waals surface area contributed by atoms with E-state index in [1.807, 2.05) is 0 Å². The normalized spacial score (nSPS) is 27.8. The molecule has 0 aliphatic heterocycles. The molecule has 0 spiro atoms. The number of methoxy groups -OCH3 is 2. The highest BCUT2D eigenvalue weighted by Crippen LogP contribution is 2.40. The van der Waals surface area contributed by atoms with Gasteiger partial charge in [0.2, 0.25) is 0 Å². The van der Waals surface area contributed by atoms with E-state index in [1.54, 1.807) is 0 Å². The number of amides is 1. The molecule has 0 heterocycles. The van der Waals surface area contributed by atoms with Crippen LogP contribution in [0.1, 0.15) is 42.5 Å². The maximum absolute atomic E-state index is 14.3. The molecule has 5 nitrogen and oxygen atoms in total. The Morgan fingerprint density at radius 3 is 2.28 bits per heavy atom. The molecule has 140 valence electrons. The van der Waals surface area contributed by atoms with Gasteiger partial charge in [0.25, 0.3) is 5.91 Å². The van der Waals surface area contributed by atoms with Gasteiger partial charge < -0.3 is 20.5 Å². The van der Waals surface area contributed by atoms with Gasteiger partial charge in [-0.2, -0.15) is 0 Å². The van der Waals surface area contributed by atoms with Crippen LogP contribution < -0.4 is 20.5 Å². The summed E-state index contributed by atoms with van der Waals surface area (Å²) in [6, 6.07) is 2.88. The first-order valence-electron chi connectivity index (χ1n) is 8.51. The third-order valence-electron chi connectivity index (χ3n) is 5.39. The first-order chi connectivity index (χ1) is 11.5. The maximum Gasteiger partial charge on any atom is 0.254 e. The van der Waals surface area contributed by atoms with Crippen molar-refractivity contribution in [2.45, 2.75) is 44.2 Å². The van der Waals surface area contributed by atoms with Gasteiger partial charge in [-0.05, 0) is 43.6 Å². The van der Waals surface area contributed by atoms with Crippen molar-refractivity contribution < 1.29 is 18.7 Å². The van der Waals surface area contributed by atoms with Crippen LogP contribution in [0.3, 0.4) is 0 Å². The molecule has 2 aliphatic carbocycles. The van der Waals surface area contributed by atoms with Crippen LogP contribution in [0.15, 0.2) is 12.1 Å². The van der Waals surface area contributed by atoms with E-state index < -0.39 is 11.7 Å². The minimum Gasteiger partial charge on any atom is -0.493 e. The molecule has 2 atom stereocenters. The molecule has 1 aromatic rings. The van der Waals surface area contributed by atoms with E-state index in [-0.39, 0.29) is 35.8 Å². The molecular formula is C18H26ClFN2O3.